The van der Waals surface area contributed by atoms with E-state index in [2.05, 4.69) is 15.9 Å². The Bertz CT molecular complexity index is 1570. The molecule has 3 aromatic carbocycles. The Morgan fingerprint density at radius 3 is 2.59 bits per heavy atom. The normalized spacial score (nSPS) is 16.4. The summed E-state index contributed by atoms with van der Waals surface area (Å²) in [5.41, 5.74) is 1.82. The highest BCUT2D eigenvalue weighted by Gasteiger charge is 2.43. The molecule has 6 rings (SSSR count). The average Bonchev–Trinajstić information content (AvgIpc) is 3.39. The van der Waals surface area contributed by atoms with Gasteiger partial charge in [-0.2, -0.15) is 0 Å². The third-order valence-electron chi connectivity index (χ3n) is 5.98. The van der Waals surface area contributed by atoms with Gasteiger partial charge in [0.2, 0.25) is 12.6 Å². The van der Waals surface area contributed by atoms with Gasteiger partial charge < -0.3 is 18.8 Å². The smallest absolute Gasteiger partial charge is 0.291 e. The Hall–Kier alpha value is -3.00. The minimum absolute atomic E-state index is 0.0247. The second-order valence-electron chi connectivity index (χ2n) is 8.01. The van der Waals surface area contributed by atoms with Crippen LogP contribution in [-0.4, -0.2) is 17.6 Å². The zero-order chi connectivity index (χ0) is 23.6. The molecule has 1 aromatic heterocycles. The second kappa shape index (κ2) is 8.05. The van der Waals surface area contributed by atoms with Crippen molar-refractivity contribution >= 4 is 56.0 Å². The topological polar surface area (TPSA) is 69.0 Å². The summed E-state index contributed by atoms with van der Waals surface area (Å²) < 4.78 is 17.6. The van der Waals surface area contributed by atoms with Crippen LogP contribution in [0.2, 0.25) is 10.0 Å². The molecular weight excluding hydrogens is 545 g/mol. The quantitative estimate of drug-likeness (QED) is 0.293. The van der Waals surface area contributed by atoms with Crippen molar-refractivity contribution in [1.29, 1.82) is 0 Å². The van der Waals surface area contributed by atoms with Crippen LogP contribution in [0.5, 0.6) is 11.5 Å². The van der Waals surface area contributed by atoms with E-state index in [1.807, 2.05) is 12.1 Å². The predicted octanol–water partition coefficient (Wildman–Crippen LogP) is 6.34. The second-order valence-corrected chi connectivity index (χ2v) is 9.74. The molecule has 1 atom stereocenters. The highest BCUT2D eigenvalue weighted by Crippen LogP contribution is 2.41. The number of amides is 1. The molecule has 0 saturated heterocycles. The van der Waals surface area contributed by atoms with Gasteiger partial charge in [-0.25, -0.2) is 0 Å². The molecule has 1 amide bonds. The number of nitrogens with zero attached hydrogens (tertiary/aromatic N) is 1. The molecule has 1 unspecified atom stereocenters. The van der Waals surface area contributed by atoms with Crippen molar-refractivity contribution in [3.05, 3.63) is 102 Å². The number of hydrogen-bond donors (Lipinski definition) is 0. The van der Waals surface area contributed by atoms with Gasteiger partial charge in [0, 0.05) is 11.0 Å². The van der Waals surface area contributed by atoms with Gasteiger partial charge in [-0.3, -0.25) is 9.59 Å². The van der Waals surface area contributed by atoms with Gasteiger partial charge in [0.05, 0.1) is 27.0 Å². The van der Waals surface area contributed by atoms with E-state index in [1.165, 1.54) is 0 Å². The van der Waals surface area contributed by atoms with E-state index in [0.29, 0.717) is 38.1 Å². The van der Waals surface area contributed by atoms with Crippen LogP contribution in [-0.2, 0) is 6.54 Å². The summed E-state index contributed by atoms with van der Waals surface area (Å²) in [6.07, 6.45) is 0. The first-order valence-electron chi connectivity index (χ1n) is 10.3. The van der Waals surface area contributed by atoms with E-state index in [-0.39, 0.29) is 36.0 Å². The Labute approximate surface area is 211 Å². The van der Waals surface area contributed by atoms with Gasteiger partial charge in [0.15, 0.2) is 16.9 Å². The molecule has 0 fully saturated rings. The Balaban J connectivity index is 1.54. The van der Waals surface area contributed by atoms with Crippen molar-refractivity contribution in [1.82, 2.24) is 4.90 Å². The molecule has 34 heavy (non-hydrogen) atoms. The number of benzene rings is 3. The maximum absolute atomic E-state index is 13.6. The van der Waals surface area contributed by atoms with E-state index in [1.54, 1.807) is 47.4 Å². The van der Waals surface area contributed by atoms with E-state index in [4.69, 9.17) is 37.1 Å². The third-order valence-corrected chi connectivity index (χ3v) is 7.21. The lowest BCUT2D eigenvalue weighted by Crippen LogP contribution is -2.29. The van der Waals surface area contributed by atoms with Crippen LogP contribution in [0.3, 0.4) is 0 Å². The Kier molecular flexibility index (Phi) is 5.09. The van der Waals surface area contributed by atoms with E-state index in [0.717, 1.165) is 10.0 Å². The SMILES string of the molecule is O=C1c2oc3ccc(Br)cc3c(=O)c2C(c2ccc(Cl)c(Cl)c2)N1Cc1ccc2c(c1)OCO2. The molecule has 9 heteroatoms. The molecule has 3 heterocycles. The lowest BCUT2D eigenvalue weighted by molar-refractivity contribution is 0.0714. The standard InChI is InChI=1S/C25H14BrCl2NO5/c26-14-3-6-18-15(9-14)23(30)21-22(13-2-4-16(27)17(28)8-13)29(25(31)24(21)34-18)10-12-1-5-19-20(7-12)33-11-32-19/h1-9,22H,10-11H2. The molecule has 0 saturated carbocycles. The van der Waals surface area contributed by atoms with Gasteiger partial charge in [-0.1, -0.05) is 51.3 Å². The molecular formula is C25H14BrCl2NO5. The zero-order valence-corrected chi connectivity index (χ0v) is 20.4. The summed E-state index contributed by atoms with van der Waals surface area (Å²) >= 11 is 15.9. The Morgan fingerprint density at radius 1 is 0.941 bits per heavy atom. The predicted molar refractivity (Wildman–Crippen MR) is 131 cm³/mol. The van der Waals surface area contributed by atoms with Crippen molar-refractivity contribution in [2.45, 2.75) is 12.6 Å². The number of carbonyl (C=O) groups excluding carboxylic acids is 1. The summed E-state index contributed by atoms with van der Waals surface area (Å²) in [5, 5.41) is 1.10. The van der Waals surface area contributed by atoms with Crippen LogP contribution in [0, 0.1) is 0 Å². The number of halogens is 3. The number of hydrogen-bond acceptors (Lipinski definition) is 5. The molecule has 0 spiro atoms. The molecule has 2 aliphatic rings. The summed E-state index contributed by atoms with van der Waals surface area (Å²) in [4.78, 5) is 28.8. The van der Waals surface area contributed by atoms with Crippen molar-refractivity contribution in [3.63, 3.8) is 0 Å². The fourth-order valence-corrected chi connectivity index (χ4v) is 5.09. The first kappa shape index (κ1) is 21.5. The van der Waals surface area contributed by atoms with Gasteiger partial charge in [-0.05, 0) is 53.6 Å². The fraction of sp³-hybridized carbons (Fsp3) is 0.120. The molecule has 2 aliphatic heterocycles. The van der Waals surface area contributed by atoms with Gasteiger partial charge in [-0.15, -0.1) is 0 Å². The zero-order valence-electron chi connectivity index (χ0n) is 17.3. The lowest BCUT2D eigenvalue weighted by atomic mass is 9.98. The lowest BCUT2D eigenvalue weighted by Gasteiger charge is -2.25. The minimum atomic E-state index is -0.706. The summed E-state index contributed by atoms with van der Waals surface area (Å²) in [6.45, 7) is 0.364. The summed E-state index contributed by atoms with van der Waals surface area (Å²) in [7, 11) is 0. The molecule has 4 aromatic rings. The molecule has 0 aliphatic carbocycles. The summed E-state index contributed by atoms with van der Waals surface area (Å²) in [5.74, 6) is 0.898. The van der Waals surface area contributed by atoms with Gasteiger partial charge in [0.1, 0.15) is 5.58 Å². The fourth-order valence-electron chi connectivity index (χ4n) is 4.42. The third kappa shape index (κ3) is 3.38. The van der Waals surface area contributed by atoms with Crippen LogP contribution >= 0.6 is 39.1 Å². The van der Waals surface area contributed by atoms with Crippen LogP contribution < -0.4 is 14.9 Å². The number of rotatable bonds is 3. The van der Waals surface area contributed by atoms with Crippen LogP contribution in [0.15, 0.2) is 68.3 Å². The van der Waals surface area contributed by atoms with Crippen molar-refractivity contribution in [3.8, 4) is 11.5 Å². The first-order chi connectivity index (χ1) is 16.4. The minimum Gasteiger partial charge on any atom is -0.454 e. The van der Waals surface area contributed by atoms with Crippen molar-refractivity contribution in [2.24, 2.45) is 0 Å². The van der Waals surface area contributed by atoms with E-state index in [9.17, 15) is 9.59 Å². The van der Waals surface area contributed by atoms with Gasteiger partial charge >= 0.3 is 0 Å². The number of carbonyl (C=O) groups is 1. The molecule has 170 valence electrons. The maximum atomic E-state index is 13.6. The number of ether oxygens (including phenoxy) is 2. The molecule has 0 bridgehead atoms. The van der Waals surface area contributed by atoms with Crippen molar-refractivity contribution < 1.29 is 18.7 Å². The monoisotopic (exact) mass is 557 g/mol. The molecule has 0 N–H and O–H groups in total. The van der Waals surface area contributed by atoms with Crippen LogP contribution in [0.4, 0.5) is 0 Å². The van der Waals surface area contributed by atoms with Gasteiger partial charge in [0.25, 0.3) is 5.91 Å². The number of fused-ring (bicyclic) bond motifs is 3. The van der Waals surface area contributed by atoms with Crippen LogP contribution in [0.1, 0.15) is 33.3 Å². The largest absolute Gasteiger partial charge is 0.454 e. The molecule has 0 radical (unpaired) electrons. The highest BCUT2D eigenvalue weighted by molar-refractivity contribution is 9.10. The average molecular weight is 559 g/mol. The van der Waals surface area contributed by atoms with Crippen molar-refractivity contribution in [2.75, 3.05) is 6.79 Å². The molecule has 6 nitrogen and oxygen atoms in total. The van der Waals surface area contributed by atoms with E-state index < -0.39 is 6.04 Å². The maximum Gasteiger partial charge on any atom is 0.291 e. The Morgan fingerprint density at radius 2 is 1.76 bits per heavy atom. The van der Waals surface area contributed by atoms with Crippen LogP contribution in [0.25, 0.3) is 11.0 Å². The van der Waals surface area contributed by atoms with E-state index >= 15 is 0 Å². The summed E-state index contributed by atoms with van der Waals surface area (Å²) in [6, 6.07) is 15.0. The highest BCUT2D eigenvalue weighted by atomic mass is 79.9. The first-order valence-corrected chi connectivity index (χ1v) is 11.9.